The van der Waals surface area contributed by atoms with Gasteiger partial charge in [0, 0.05) is 26.2 Å². The van der Waals surface area contributed by atoms with Gasteiger partial charge in [-0.1, -0.05) is 13.8 Å². The second-order valence-corrected chi connectivity index (χ2v) is 5.01. The average Bonchev–Trinajstić information content (AvgIpc) is 2.53. The molecule has 5 heteroatoms. The normalized spacial score (nSPS) is 20.4. The summed E-state index contributed by atoms with van der Waals surface area (Å²) in [6.07, 6.45) is 0.955. The SMILES string of the molecule is CC(C)[C@@H](N)C(=O)N1CCCN(CCO)CC1. The van der Waals surface area contributed by atoms with Gasteiger partial charge in [0.25, 0.3) is 0 Å². The molecule has 0 aromatic carbocycles. The molecule has 17 heavy (non-hydrogen) atoms. The highest BCUT2D eigenvalue weighted by Gasteiger charge is 2.25. The van der Waals surface area contributed by atoms with Crippen LogP contribution in [0, 0.1) is 5.92 Å². The first kappa shape index (κ1) is 14.4. The van der Waals surface area contributed by atoms with E-state index >= 15 is 0 Å². The fourth-order valence-electron chi connectivity index (χ4n) is 2.05. The molecule has 100 valence electrons. The van der Waals surface area contributed by atoms with Gasteiger partial charge in [-0.25, -0.2) is 0 Å². The molecule has 1 rings (SSSR count). The largest absolute Gasteiger partial charge is 0.395 e. The van der Waals surface area contributed by atoms with Crippen molar-refractivity contribution in [2.24, 2.45) is 11.7 Å². The van der Waals surface area contributed by atoms with Crippen LogP contribution in [0.2, 0.25) is 0 Å². The molecule has 1 aliphatic heterocycles. The first-order chi connectivity index (χ1) is 8.06. The summed E-state index contributed by atoms with van der Waals surface area (Å²) in [6.45, 7) is 8.09. The lowest BCUT2D eigenvalue weighted by molar-refractivity contribution is -0.133. The summed E-state index contributed by atoms with van der Waals surface area (Å²) < 4.78 is 0. The summed E-state index contributed by atoms with van der Waals surface area (Å²) in [5, 5.41) is 8.90. The van der Waals surface area contributed by atoms with E-state index in [1.165, 1.54) is 0 Å². The Morgan fingerprint density at radius 1 is 1.29 bits per heavy atom. The van der Waals surface area contributed by atoms with Crippen molar-refractivity contribution in [3.05, 3.63) is 0 Å². The molecular formula is C12H25N3O2. The molecule has 5 nitrogen and oxygen atoms in total. The van der Waals surface area contributed by atoms with E-state index in [-0.39, 0.29) is 24.5 Å². The molecule has 0 aromatic heterocycles. The van der Waals surface area contributed by atoms with E-state index in [0.29, 0.717) is 6.54 Å². The van der Waals surface area contributed by atoms with Crippen LogP contribution in [0.25, 0.3) is 0 Å². The van der Waals surface area contributed by atoms with E-state index in [2.05, 4.69) is 4.90 Å². The van der Waals surface area contributed by atoms with Gasteiger partial charge in [-0.05, 0) is 18.9 Å². The molecule has 0 unspecified atom stereocenters. The third-order valence-electron chi connectivity index (χ3n) is 3.32. The number of aliphatic hydroxyl groups is 1. The van der Waals surface area contributed by atoms with Crippen LogP contribution in [0.1, 0.15) is 20.3 Å². The minimum atomic E-state index is -0.389. The van der Waals surface area contributed by atoms with Gasteiger partial charge < -0.3 is 15.7 Å². The third kappa shape index (κ3) is 4.26. The fourth-order valence-corrected chi connectivity index (χ4v) is 2.05. The molecular weight excluding hydrogens is 218 g/mol. The van der Waals surface area contributed by atoms with E-state index in [9.17, 15) is 4.79 Å². The van der Waals surface area contributed by atoms with Crippen molar-refractivity contribution in [3.8, 4) is 0 Å². The zero-order chi connectivity index (χ0) is 12.8. The lowest BCUT2D eigenvalue weighted by Gasteiger charge is -2.26. The lowest BCUT2D eigenvalue weighted by Crippen LogP contribution is -2.47. The minimum Gasteiger partial charge on any atom is -0.395 e. The number of hydrogen-bond donors (Lipinski definition) is 2. The Kier molecular flexibility index (Phi) is 5.88. The summed E-state index contributed by atoms with van der Waals surface area (Å²) in [5.41, 5.74) is 5.89. The number of carbonyl (C=O) groups excluding carboxylic acids is 1. The number of nitrogens with two attached hydrogens (primary N) is 1. The fraction of sp³-hybridized carbons (Fsp3) is 0.917. The zero-order valence-electron chi connectivity index (χ0n) is 10.9. The van der Waals surface area contributed by atoms with Crippen LogP contribution in [0.3, 0.4) is 0 Å². The first-order valence-electron chi connectivity index (χ1n) is 6.44. The van der Waals surface area contributed by atoms with E-state index < -0.39 is 0 Å². The first-order valence-corrected chi connectivity index (χ1v) is 6.44. The molecule has 0 aliphatic carbocycles. The van der Waals surface area contributed by atoms with Gasteiger partial charge in [-0.3, -0.25) is 9.69 Å². The maximum Gasteiger partial charge on any atom is 0.239 e. The van der Waals surface area contributed by atoms with Crippen LogP contribution in [-0.2, 0) is 4.79 Å². The quantitative estimate of drug-likeness (QED) is 0.698. The molecule has 1 amide bonds. The van der Waals surface area contributed by atoms with Gasteiger partial charge in [0.15, 0.2) is 0 Å². The summed E-state index contributed by atoms with van der Waals surface area (Å²) in [4.78, 5) is 16.1. The van der Waals surface area contributed by atoms with E-state index in [1.54, 1.807) is 0 Å². The van der Waals surface area contributed by atoms with Crippen molar-refractivity contribution in [2.75, 3.05) is 39.3 Å². The molecule has 0 bridgehead atoms. The van der Waals surface area contributed by atoms with Crippen molar-refractivity contribution in [1.82, 2.24) is 9.80 Å². The summed E-state index contributed by atoms with van der Waals surface area (Å²) in [7, 11) is 0. The summed E-state index contributed by atoms with van der Waals surface area (Å²) in [5.74, 6) is 0.241. The van der Waals surface area contributed by atoms with Gasteiger partial charge in [0.05, 0.1) is 12.6 Å². The number of amides is 1. The van der Waals surface area contributed by atoms with Gasteiger partial charge in [-0.2, -0.15) is 0 Å². The average molecular weight is 243 g/mol. The Morgan fingerprint density at radius 2 is 2.00 bits per heavy atom. The van der Waals surface area contributed by atoms with Crippen LogP contribution in [-0.4, -0.2) is 66.2 Å². The standard InChI is InChI=1S/C12H25N3O2/c1-10(2)11(13)12(17)15-5-3-4-14(6-7-15)8-9-16/h10-11,16H,3-9,13H2,1-2H3/t11-/m1/s1. The van der Waals surface area contributed by atoms with Crippen LogP contribution < -0.4 is 5.73 Å². The highest BCUT2D eigenvalue weighted by atomic mass is 16.3. The topological polar surface area (TPSA) is 69.8 Å². The molecule has 1 heterocycles. The molecule has 1 fully saturated rings. The maximum absolute atomic E-state index is 12.1. The smallest absolute Gasteiger partial charge is 0.239 e. The van der Waals surface area contributed by atoms with Crippen molar-refractivity contribution in [2.45, 2.75) is 26.3 Å². The number of β-amino-alcohol motifs (C(OH)–C–C–N with tert-alkyl or cyclic N) is 1. The molecule has 1 saturated heterocycles. The number of rotatable bonds is 4. The van der Waals surface area contributed by atoms with Gasteiger partial charge in [-0.15, -0.1) is 0 Å². The molecule has 0 aromatic rings. The summed E-state index contributed by atoms with van der Waals surface area (Å²) >= 11 is 0. The Morgan fingerprint density at radius 3 is 2.59 bits per heavy atom. The van der Waals surface area contributed by atoms with Crippen LogP contribution in [0.15, 0.2) is 0 Å². The highest BCUT2D eigenvalue weighted by Crippen LogP contribution is 2.08. The second kappa shape index (κ2) is 6.93. The third-order valence-corrected chi connectivity index (χ3v) is 3.32. The number of nitrogens with zero attached hydrogens (tertiary/aromatic N) is 2. The molecule has 0 radical (unpaired) electrons. The predicted octanol–water partition coefficient (Wildman–Crippen LogP) is -0.504. The summed E-state index contributed by atoms with van der Waals surface area (Å²) in [6, 6.07) is -0.389. The molecule has 1 atom stereocenters. The number of aliphatic hydroxyl groups excluding tert-OH is 1. The van der Waals surface area contributed by atoms with Gasteiger partial charge in [0.1, 0.15) is 0 Å². The van der Waals surface area contributed by atoms with Crippen molar-refractivity contribution < 1.29 is 9.90 Å². The Hall–Kier alpha value is -0.650. The molecule has 0 saturated carbocycles. The molecule has 3 N–H and O–H groups in total. The van der Waals surface area contributed by atoms with Gasteiger partial charge >= 0.3 is 0 Å². The second-order valence-electron chi connectivity index (χ2n) is 5.01. The predicted molar refractivity (Wildman–Crippen MR) is 67.5 cm³/mol. The van der Waals surface area contributed by atoms with Crippen LogP contribution >= 0.6 is 0 Å². The van der Waals surface area contributed by atoms with Crippen molar-refractivity contribution in [3.63, 3.8) is 0 Å². The molecule has 1 aliphatic rings. The van der Waals surface area contributed by atoms with Gasteiger partial charge in [0.2, 0.25) is 5.91 Å². The monoisotopic (exact) mass is 243 g/mol. The zero-order valence-corrected chi connectivity index (χ0v) is 10.9. The number of hydrogen-bond acceptors (Lipinski definition) is 4. The van der Waals surface area contributed by atoms with E-state index in [4.69, 9.17) is 10.8 Å². The lowest BCUT2D eigenvalue weighted by atomic mass is 10.0. The van der Waals surface area contributed by atoms with E-state index in [0.717, 1.165) is 32.6 Å². The van der Waals surface area contributed by atoms with Crippen LogP contribution in [0.4, 0.5) is 0 Å². The Balaban J connectivity index is 2.48. The van der Waals surface area contributed by atoms with Crippen molar-refractivity contribution in [1.29, 1.82) is 0 Å². The Labute approximate surface area is 104 Å². The number of carbonyl (C=O) groups is 1. The Bertz CT molecular complexity index is 246. The van der Waals surface area contributed by atoms with E-state index in [1.807, 2.05) is 18.7 Å². The molecule has 0 spiro atoms. The van der Waals surface area contributed by atoms with Crippen molar-refractivity contribution >= 4 is 5.91 Å². The maximum atomic E-state index is 12.1. The minimum absolute atomic E-state index is 0.0610. The highest BCUT2D eigenvalue weighted by molar-refractivity contribution is 5.81. The van der Waals surface area contributed by atoms with Crippen LogP contribution in [0.5, 0.6) is 0 Å².